The van der Waals surface area contributed by atoms with Crippen LogP contribution in [0.1, 0.15) is 50.2 Å². The van der Waals surface area contributed by atoms with Gasteiger partial charge in [0.15, 0.2) is 0 Å². The SMILES string of the molecule is CC(C)c1cn(CC(=O)N2CCC[C@H]2c2nnc(-c3ccsc3)o2)nn1. The summed E-state index contributed by atoms with van der Waals surface area (Å²) in [7, 11) is 0. The molecule has 136 valence electrons. The predicted octanol–water partition coefficient (Wildman–Crippen LogP) is 2.88. The van der Waals surface area contributed by atoms with E-state index in [0.717, 1.165) is 24.1 Å². The Kier molecular flexibility index (Phi) is 4.54. The molecule has 26 heavy (non-hydrogen) atoms. The molecule has 3 aromatic heterocycles. The third-order valence-electron chi connectivity index (χ3n) is 4.51. The molecule has 1 saturated heterocycles. The van der Waals surface area contributed by atoms with Gasteiger partial charge in [-0.2, -0.15) is 11.3 Å². The second kappa shape index (κ2) is 6.99. The lowest BCUT2D eigenvalue weighted by molar-refractivity contribution is -0.133. The van der Waals surface area contributed by atoms with Gasteiger partial charge in [-0.05, 0) is 30.2 Å². The van der Waals surface area contributed by atoms with E-state index in [1.807, 2.05) is 41.8 Å². The molecule has 0 spiro atoms. The molecule has 0 radical (unpaired) electrons. The number of aromatic nitrogens is 5. The highest BCUT2D eigenvalue weighted by Gasteiger charge is 2.34. The van der Waals surface area contributed by atoms with Crippen molar-refractivity contribution in [3.63, 3.8) is 0 Å². The highest BCUT2D eigenvalue weighted by Crippen LogP contribution is 2.33. The van der Waals surface area contributed by atoms with Gasteiger partial charge in [-0.1, -0.05) is 19.1 Å². The third-order valence-corrected chi connectivity index (χ3v) is 5.20. The van der Waals surface area contributed by atoms with Crippen molar-refractivity contribution in [3.05, 3.63) is 34.6 Å². The van der Waals surface area contributed by atoms with Gasteiger partial charge in [0, 0.05) is 23.7 Å². The molecule has 1 aliphatic rings. The van der Waals surface area contributed by atoms with Crippen LogP contribution >= 0.6 is 11.3 Å². The number of rotatable bonds is 5. The summed E-state index contributed by atoms with van der Waals surface area (Å²) in [6, 6.07) is 1.77. The molecule has 1 amide bonds. The van der Waals surface area contributed by atoms with E-state index in [4.69, 9.17) is 4.42 Å². The van der Waals surface area contributed by atoms with E-state index in [1.165, 1.54) is 0 Å². The first-order chi connectivity index (χ1) is 12.6. The molecule has 1 atom stereocenters. The van der Waals surface area contributed by atoms with E-state index in [0.29, 0.717) is 18.3 Å². The predicted molar refractivity (Wildman–Crippen MR) is 95.4 cm³/mol. The van der Waals surface area contributed by atoms with E-state index in [1.54, 1.807) is 16.0 Å². The minimum Gasteiger partial charge on any atom is -0.418 e. The molecule has 0 aliphatic carbocycles. The quantitative estimate of drug-likeness (QED) is 0.684. The van der Waals surface area contributed by atoms with Crippen molar-refractivity contribution < 1.29 is 9.21 Å². The second-order valence-corrected chi connectivity index (χ2v) is 7.48. The van der Waals surface area contributed by atoms with Crippen LogP contribution in [0.25, 0.3) is 11.5 Å². The monoisotopic (exact) mass is 372 g/mol. The Morgan fingerprint density at radius 3 is 3.00 bits per heavy atom. The summed E-state index contributed by atoms with van der Waals surface area (Å²) in [5, 5.41) is 20.4. The Balaban J connectivity index is 1.48. The minimum atomic E-state index is -0.171. The molecule has 1 aliphatic heterocycles. The van der Waals surface area contributed by atoms with Crippen molar-refractivity contribution in [1.29, 1.82) is 0 Å². The summed E-state index contributed by atoms with van der Waals surface area (Å²) in [5.74, 6) is 1.27. The molecule has 0 saturated carbocycles. The molecule has 4 rings (SSSR count). The highest BCUT2D eigenvalue weighted by molar-refractivity contribution is 7.08. The van der Waals surface area contributed by atoms with Crippen molar-refractivity contribution in [2.75, 3.05) is 6.54 Å². The van der Waals surface area contributed by atoms with Crippen LogP contribution in [0.15, 0.2) is 27.4 Å². The first-order valence-corrected chi connectivity index (χ1v) is 9.61. The summed E-state index contributed by atoms with van der Waals surface area (Å²) in [4.78, 5) is 14.6. The fourth-order valence-electron chi connectivity index (χ4n) is 3.08. The van der Waals surface area contributed by atoms with Crippen LogP contribution in [0.3, 0.4) is 0 Å². The van der Waals surface area contributed by atoms with Crippen LogP contribution < -0.4 is 0 Å². The third kappa shape index (κ3) is 3.26. The molecular formula is C17H20N6O2S. The number of hydrogen-bond donors (Lipinski definition) is 0. The van der Waals surface area contributed by atoms with Gasteiger partial charge >= 0.3 is 0 Å². The van der Waals surface area contributed by atoms with Crippen LogP contribution in [0.2, 0.25) is 0 Å². The molecule has 8 nitrogen and oxygen atoms in total. The number of carbonyl (C=O) groups is 1. The molecular weight excluding hydrogens is 352 g/mol. The average Bonchev–Trinajstić information content (AvgIpc) is 3.39. The number of carbonyl (C=O) groups excluding carboxylic acids is 1. The Hall–Kier alpha value is -2.55. The van der Waals surface area contributed by atoms with Crippen LogP contribution in [0.5, 0.6) is 0 Å². The number of likely N-dealkylation sites (tertiary alicyclic amines) is 1. The maximum Gasteiger partial charge on any atom is 0.248 e. The molecule has 0 N–H and O–H groups in total. The summed E-state index contributed by atoms with van der Waals surface area (Å²) in [6.45, 7) is 4.95. The van der Waals surface area contributed by atoms with Gasteiger partial charge in [-0.15, -0.1) is 15.3 Å². The Bertz CT molecular complexity index is 885. The van der Waals surface area contributed by atoms with Crippen molar-refractivity contribution in [1.82, 2.24) is 30.1 Å². The van der Waals surface area contributed by atoms with E-state index in [-0.39, 0.29) is 24.4 Å². The number of hydrogen-bond acceptors (Lipinski definition) is 7. The van der Waals surface area contributed by atoms with Gasteiger partial charge in [0.25, 0.3) is 0 Å². The molecule has 0 unspecified atom stereocenters. The molecule has 0 aromatic carbocycles. The molecule has 1 fully saturated rings. The van der Waals surface area contributed by atoms with E-state index >= 15 is 0 Å². The summed E-state index contributed by atoms with van der Waals surface area (Å²) in [5.41, 5.74) is 1.79. The Morgan fingerprint density at radius 2 is 2.27 bits per heavy atom. The normalized spacial score (nSPS) is 17.3. The number of thiophene rings is 1. The fraction of sp³-hybridized carbons (Fsp3) is 0.471. The smallest absolute Gasteiger partial charge is 0.248 e. The van der Waals surface area contributed by atoms with Crippen LogP contribution in [0, 0.1) is 0 Å². The maximum atomic E-state index is 12.8. The van der Waals surface area contributed by atoms with Crippen LogP contribution in [-0.2, 0) is 11.3 Å². The van der Waals surface area contributed by atoms with Gasteiger partial charge in [-0.3, -0.25) is 4.79 Å². The standard InChI is InChI=1S/C17H20N6O2S/c1-11(2)13-8-22(21-18-13)9-15(24)23-6-3-4-14(23)17-20-19-16(25-17)12-5-7-26-10-12/h5,7-8,10-11,14H,3-4,6,9H2,1-2H3/t14-/m0/s1. The number of amides is 1. The lowest BCUT2D eigenvalue weighted by Crippen LogP contribution is -2.33. The lowest BCUT2D eigenvalue weighted by Gasteiger charge is -2.21. The summed E-state index contributed by atoms with van der Waals surface area (Å²) in [6.07, 6.45) is 3.57. The van der Waals surface area contributed by atoms with Gasteiger partial charge < -0.3 is 9.32 Å². The van der Waals surface area contributed by atoms with E-state index < -0.39 is 0 Å². The first kappa shape index (κ1) is 16.9. The van der Waals surface area contributed by atoms with Gasteiger partial charge in [0.1, 0.15) is 12.6 Å². The second-order valence-electron chi connectivity index (χ2n) is 6.70. The van der Waals surface area contributed by atoms with Gasteiger partial charge in [-0.25, -0.2) is 4.68 Å². The van der Waals surface area contributed by atoms with Gasteiger partial charge in [0.2, 0.25) is 17.7 Å². The molecule has 4 heterocycles. The zero-order valence-electron chi connectivity index (χ0n) is 14.7. The largest absolute Gasteiger partial charge is 0.418 e. The van der Waals surface area contributed by atoms with Crippen molar-refractivity contribution in [2.45, 2.75) is 45.2 Å². The van der Waals surface area contributed by atoms with E-state index in [9.17, 15) is 4.79 Å². The number of nitrogens with zero attached hydrogens (tertiary/aromatic N) is 6. The first-order valence-electron chi connectivity index (χ1n) is 8.67. The topological polar surface area (TPSA) is 89.9 Å². The minimum absolute atomic E-state index is 0.0111. The van der Waals surface area contributed by atoms with Gasteiger partial charge in [0.05, 0.1) is 5.69 Å². The van der Waals surface area contributed by atoms with E-state index in [2.05, 4.69) is 20.5 Å². The lowest BCUT2D eigenvalue weighted by atomic mass is 10.2. The average molecular weight is 372 g/mol. The van der Waals surface area contributed by atoms with Crippen molar-refractivity contribution >= 4 is 17.2 Å². The summed E-state index contributed by atoms with van der Waals surface area (Å²) < 4.78 is 7.43. The fourth-order valence-corrected chi connectivity index (χ4v) is 3.71. The Labute approximate surface area is 154 Å². The maximum absolute atomic E-state index is 12.8. The zero-order valence-corrected chi connectivity index (χ0v) is 15.5. The Morgan fingerprint density at radius 1 is 1.38 bits per heavy atom. The van der Waals surface area contributed by atoms with Crippen molar-refractivity contribution in [3.8, 4) is 11.5 Å². The summed E-state index contributed by atoms with van der Waals surface area (Å²) >= 11 is 1.58. The molecule has 3 aromatic rings. The highest BCUT2D eigenvalue weighted by atomic mass is 32.1. The molecule has 9 heteroatoms. The molecule has 0 bridgehead atoms. The van der Waals surface area contributed by atoms with Crippen LogP contribution in [0.4, 0.5) is 0 Å². The van der Waals surface area contributed by atoms with Crippen molar-refractivity contribution in [2.24, 2.45) is 0 Å². The zero-order chi connectivity index (χ0) is 18.1. The van der Waals surface area contributed by atoms with Crippen LogP contribution in [-0.4, -0.2) is 42.5 Å².